The van der Waals surface area contributed by atoms with Crippen molar-refractivity contribution in [2.45, 2.75) is 24.7 Å². The molecule has 1 aliphatic heterocycles. The van der Waals surface area contributed by atoms with Crippen molar-refractivity contribution in [2.75, 3.05) is 33.2 Å². The van der Waals surface area contributed by atoms with Crippen LogP contribution in [-0.4, -0.2) is 46.1 Å². The molecule has 1 heterocycles. The minimum absolute atomic E-state index is 0.349. The van der Waals surface area contributed by atoms with Crippen LogP contribution in [0.2, 0.25) is 0 Å². The molecule has 106 valence electrons. The average molecular weight is 283 g/mol. The van der Waals surface area contributed by atoms with Crippen molar-refractivity contribution >= 4 is 10.0 Å². The minimum atomic E-state index is -3.36. The summed E-state index contributed by atoms with van der Waals surface area (Å²) in [6.45, 7) is 5.64. The molecule has 1 fully saturated rings. The van der Waals surface area contributed by atoms with E-state index in [2.05, 4.69) is 11.8 Å². The molecule has 0 saturated carbocycles. The van der Waals surface area contributed by atoms with Gasteiger partial charge in [-0.1, -0.05) is 17.7 Å². The topological polar surface area (TPSA) is 46.2 Å². The van der Waals surface area contributed by atoms with Gasteiger partial charge < -0.3 is 4.48 Å². The van der Waals surface area contributed by atoms with Gasteiger partial charge in [0.15, 0.2) is 0 Å². The van der Waals surface area contributed by atoms with Crippen molar-refractivity contribution < 1.29 is 12.9 Å². The predicted octanol–water partition coefficient (Wildman–Crippen LogP) is 1.51. The average Bonchev–Trinajstić information content (AvgIpc) is 2.76. The van der Waals surface area contributed by atoms with Crippen LogP contribution in [0, 0.1) is 6.92 Å². The van der Waals surface area contributed by atoms with E-state index in [-0.39, 0.29) is 0 Å². The molecule has 5 heteroatoms. The smallest absolute Gasteiger partial charge is 0.240 e. The van der Waals surface area contributed by atoms with Gasteiger partial charge in [0.2, 0.25) is 10.0 Å². The number of quaternary nitrogens is 1. The van der Waals surface area contributed by atoms with Gasteiger partial charge in [0.25, 0.3) is 0 Å². The fraction of sp³-hybridized carbons (Fsp3) is 0.571. The number of likely N-dealkylation sites (tertiary alicyclic amines) is 1. The van der Waals surface area contributed by atoms with Crippen LogP contribution in [-0.2, 0) is 10.0 Å². The maximum Gasteiger partial charge on any atom is 0.240 e. The zero-order valence-corrected chi connectivity index (χ0v) is 12.5. The maximum absolute atomic E-state index is 12.1. The lowest BCUT2D eigenvalue weighted by Gasteiger charge is -2.29. The highest BCUT2D eigenvalue weighted by Gasteiger charge is 2.26. The van der Waals surface area contributed by atoms with Gasteiger partial charge >= 0.3 is 0 Å². The Bertz CT molecular complexity index is 517. The normalized spacial score (nSPS) is 18.6. The fourth-order valence-electron chi connectivity index (χ4n) is 2.57. The van der Waals surface area contributed by atoms with Crippen molar-refractivity contribution in [2.24, 2.45) is 0 Å². The zero-order valence-electron chi connectivity index (χ0n) is 11.7. The SMILES string of the molecule is Cc1ccc(S(=O)(=O)NCC[N+]2(C)CCCC2)cc1. The largest absolute Gasteiger partial charge is 0.325 e. The van der Waals surface area contributed by atoms with E-state index in [1.165, 1.54) is 12.8 Å². The highest BCUT2D eigenvalue weighted by Crippen LogP contribution is 2.15. The first-order valence-electron chi connectivity index (χ1n) is 6.81. The van der Waals surface area contributed by atoms with E-state index in [1.54, 1.807) is 12.1 Å². The van der Waals surface area contributed by atoms with E-state index in [9.17, 15) is 8.42 Å². The molecule has 0 atom stereocenters. The Labute approximate surface area is 116 Å². The van der Waals surface area contributed by atoms with Gasteiger partial charge in [0.1, 0.15) is 0 Å². The summed E-state index contributed by atoms with van der Waals surface area (Å²) >= 11 is 0. The number of hydrogen-bond donors (Lipinski definition) is 1. The predicted molar refractivity (Wildman–Crippen MR) is 76.4 cm³/mol. The van der Waals surface area contributed by atoms with Gasteiger partial charge in [-0.05, 0) is 19.1 Å². The maximum atomic E-state index is 12.1. The highest BCUT2D eigenvalue weighted by molar-refractivity contribution is 7.89. The number of nitrogens with zero attached hydrogens (tertiary/aromatic N) is 1. The van der Waals surface area contributed by atoms with Crippen LogP contribution in [0.25, 0.3) is 0 Å². The van der Waals surface area contributed by atoms with Crippen LogP contribution in [0.1, 0.15) is 18.4 Å². The van der Waals surface area contributed by atoms with Crippen LogP contribution in [0.5, 0.6) is 0 Å². The summed E-state index contributed by atoms with van der Waals surface area (Å²) in [6, 6.07) is 6.96. The van der Waals surface area contributed by atoms with E-state index in [1.807, 2.05) is 19.1 Å². The van der Waals surface area contributed by atoms with E-state index >= 15 is 0 Å². The van der Waals surface area contributed by atoms with Crippen molar-refractivity contribution in [1.29, 1.82) is 0 Å². The Morgan fingerprint density at radius 2 is 1.74 bits per heavy atom. The summed E-state index contributed by atoms with van der Waals surface area (Å²) in [7, 11) is -1.15. The summed E-state index contributed by atoms with van der Waals surface area (Å²) in [4.78, 5) is 0.349. The van der Waals surface area contributed by atoms with Crippen molar-refractivity contribution in [1.82, 2.24) is 4.72 Å². The first kappa shape index (κ1) is 14.5. The Morgan fingerprint density at radius 1 is 1.16 bits per heavy atom. The summed E-state index contributed by atoms with van der Waals surface area (Å²) in [5.74, 6) is 0. The molecular weight excluding hydrogens is 260 g/mol. The summed E-state index contributed by atoms with van der Waals surface area (Å²) in [5, 5.41) is 0. The monoisotopic (exact) mass is 283 g/mol. The number of aryl methyl sites for hydroxylation is 1. The first-order chi connectivity index (χ1) is 8.91. The molecule has 0 unspecified atom stereocenters. The second-order valence-corrected chi connectivity index (χ2v) is 7.48. The third-order valence-electron chi connectivity index (χ3n) is 3.92. The number of nitrogens with one attached hydrogen (secondary N) is 1. The first-order valence-corrected chi connectivity index (χ1v) is 8.30. The van der Waals surface area contributed by atoms with E-state index in [4.69, 9.17) is 0 Å². The summed E-state index contributed by atoms with van der Waals surface area (Å²) in [6.07, 6.45) is 2.50. The molecule has 0 spiro atoms. The van der Waals surface area contributed by atoms with Crippen LogP contribution in [0.4, 0.5) is 0 Å². The number of hydrogen-bond acceptors (Lipinski definition) is 2. The fourth-order valence-corrected chi connectivity index (χ4v) is 3.59. The molecule has 0 bridgehead atoms. The highest BCUT2D eigenvalue weighted by atomic mass is 32.2. The lowest BCUT2D eigenvalue weighted by Crippen LogP contribution is -2.46. The Kier molecular flexibility index (Phi) is 4.28. The van der Waals surface area contributed by atoms with Gasteiger partial charge in [-0.2, -0.15) is 0 Å². The second-order valence-electron chi connectivity index (χ2n) is 5.71. The number of sulfonamides is 1. The summed E-state index contributed by atoms with van der Waals surface area (Å²) in [5.41, 5.74) is 1.06. The molecule has 0 radical (unpaired) electrons. The molecule has 1 N–H and O–H groups in total. The van der Waals surface area contributed by atoms with Gasteiger partial charge in [0.05, 0.1) is 38.1 Å². The van der Waals surface area contributed by atoms with E-state index < -0.39 is 10.0 Å². The lowest BCUT2D eigenvalue weighted by atomic mass is 10.2. The molecule has 0 amide bonds. The minimum Gasteiger partial charge on any atom is -0.325 e. The molecule has 1 aromatic rings. The summed E-state index contributed by atoms with van der Waals surface area (Å²) < 4.78 is 27.9. The molecule has 1 aliphatic rings. The molecular formula is C14H23N2O2S+. The molecule has 19 heavy (non-hydrogen) atoms. The molecule has 0 aliphatic carbocycles. The quantitative estimate of drug-likeness (QED) is 0.833. The zero-order chi connectivity index (χ0) is 13.9. The van der Waals surface area contributed by atoms with Crippen molar-refractivity contribution in [3.8, 4) is 0 Å². The van der Waals surface area contributed by atoms with Gasteiger partial charge in [-0.25, -0.2) is 13.1 Å². The van der Waals surface area contributed by atoms with E-state index in [0.29, 0.717) is 11.4 Å². The second kappa shape index (κ2) is 5.61. The van der Waals surface area contributed by atoms with Gasteiger partial charge in [-0.15, -0.1) is 0 Å². The molecule has 1 saturated heterocycles. The standard InChI is InChI=1S/C14H23N2O2S/c1-13-5-7-14(8-6-13)19(17,18)15-9-12-16(2)10-3-4-11-16/h5-8,15H,3-4,9-12H2,1-2H3/q+1. The third kappa shape index (κ3) is 3.78. The van der Waals surface area contributed by atoms with E-state index in [0.717, 1.165) is 29.7 Å². The van der Waals surface area contributed by atoms with Crippen LogP contribution in [0.15, 0.2) is 29.2 Å². The molecule has 0 aromatic heterocycles. The van der Waals surface area contributed by atoms with Gasteiger partial charge in [0, 0.05) is 12.8 Å². The van der Waals surface area contributed by atoms with Crippen LogP contribution < -0.4 is 4.72 Å². The van der Waals surface area contributed by atoms with Crippen molar-refractivity contribution in [3.63, 3.8) is 0 Å². The van der Waals surface area contributed by atoms with Crippen molar-refractivity contribution in [3.05, 3.63) is 29.8 Å². The van der Waals surface area contributed by atoms with Gasteiger partial charge in [-0.3, -0.25) is 0 Å². The molecule has 4 nitrogen and oxygen atoms in total. The van der Waals surface area contributed by atoms with Crippen LogP contribution in [0.3, 0.4) is 0 Å². The van der Waals surface area contributed by atoms with Crippen LogP contribution >= 0.6 is 0 Å². The Balaban J connectivity index is 1.92. The number of rotatable bonds is 5. The number of likely N-dealkylation sites (N-methyl/N-ethyl adjacent to an activating group) is 1. The lowest BCUT2D eigenvalue weighted by molar-refractivity contribution is -0.896. The third-order valence-corrected chi connectivity index (χ3v) is 5.40. The number of benzene rings is 1. The molecule has 1 aromatic carbocycles. The Hall–Kier alpha value is -0.910. The Morgan fingerprint density at radius 3 is 2.32 bits per heavy atom. The molecule has 2 rings (SSSR count).